The summed E-state index contributed by atoms with van der Waals surface area (Å²) >= 11 is 9.18. The summed E-state index contributed by atoms with van der Waals surface area (Å²) in [6.45, 7) is 3.21. The van der Waals surface area contributed by atoms with Crippen molar-refractivity contribution >= 4 is 55.1 Å². The van der Waals surface area contributed by atoms with Crippen LogP contribution in [0, 0.1) is 5.82 Å². The minimum atomic E-state index is -3.92. The van der Waals surface area contributed by atoms with Crippen LogP contribution < -0.4 is 9.62 Å². The molecule has 0 spiro atoms. The maximum Gasteiger partial charge on any atom is 0.244 e. The Hall–Kier alpha value is -2.17. The Morgan fingerprint density at radius 1 is 1.22 bits per heavy atom. The third kappa shape index (κ3) is 6.91. The van der Waals surface area contributed by atoms with Crippen LogP contribution in [-0.4, -0.2) is 50.5 Å². The van der Waals surface area contributed by atoms with Crippen LogP contribution in [0.1, 0.15) is 19.4 Å². The van der Waals surface area contributed by atoms with Crippen molar-refractivity contribution in [1.29, 1.82) is 0 Å². The van der Waals surface area contributed by atoms with Crippen molar-refractivity contribution in [1.82, 2.24) is 10.2 Å². The van der Waals surface area contributed by atoms with Gasteiger partial charge >= 0.3 is 0 Å². The molecule has 11 heteroatoms. The molecule has 0 aliphatic carbocycles. The molecular weight excluding hydrogens is 525 g/mol. The number of sulfonamides is 1. The Bertz CT molecular complexity index is 1100. The molecule has 0 radical (unpaired) electrons. The van der Waals surface area contributed by atoms with Crippen molar-refractivity contribution in [3.8, 4) is 0 Å². The molecule has 0 fully saturated rings. The Balaban J connectivity index is 2.40. The summed E-state index contributed by atoms with van der Waals surface area (Å²) in [7, 11) is -3.92. The molecule has 0 saturated heterocycles. The maximum absolute atomic E-state index is 13.6. The van der Waals surface area contributed by atoms with Gasteiger partial charge in [-0.2, -0.15) is 0 Å². The van der Waals surface area contributed by atoms with E-state index >= 15 is 0 Å². The number of hydrogen-bond acceptors (Lipinski definition) is 4. The van der Waals surface area contributed by atoms with Crippen LogP contribution in [0.25, 0.3) is 0 Å². The van der Waals surface area contributed by atoms with Crippen LogP contribution in [0.2, 0.25) is 5.02 Å². The van der Waals surface area contributed by atoms with Gasteiger partial charge in [-0.3, -0.25) is 13.9 Å². The van der Waals surface area contributed by atoms with E-state index in [9.17, 15) is 22.4 Å². The summed E-state index contributed by atoms with van der Waals surface area (Å²) in [6, 6.07) is 9.74. The second kappa shape index (κ2) is 11.1. The second-order valence-corrected chi connectivity index (χ2v) is 10.3. The van der Waals surface area contributed by atoms with Gasteiger partial charge in [-0.25, -0.2) is 12.8 Å². The number of carbonyl (C=O) groups excluding carboxylic acids is 2. The Labute approximate surface area is 200 Å². The summed E-state index contributed by atoms with van der Waals surface area (Å²) in [5, 5.41) is 2.40. The highest BCUT2D eigenvalue weighted by Gasteiger charge is 2.30. The summed E-state index contributed by atoms with van der Waals surface area (Å²) in [4.78, 5) is 27.1. The normalized spacial score (nSPS) is 12.2. The minimum Gasteiger partial charge on any atom is -0.355 e. The zero-order chi connectivity index (χ0) is 24.1. The SMILES string of the molecule is CCNC(=O)C(C)N(Cc1cccc(Br)c1)C(=O)CN(c1ccc(F)c(Cl)c1)S(C)(=O)=O. The van der Waals surface area contributed by atoms with Gasteiger partial charge in [0, 0.05) is 17.6 Å². The predicted octanol–water partition coefficient (Wildman–Crippen LogP) is 3.56. The zero-order valence-corrected chi connectivity index (χ0v) is 21.0. The Morgan fingerprint density at radius 3 is 2.47 bits per heavy atom. The number of benzene rings is 2. The second-order valence-electron chi connectivity index (χ2n) is 7.09. The lowest BCUT2D eigenvalue weighted by Gasteiger charge is -2.31. The van der Waals surface area contributed by atoms with Crippen molar-refractivity contribution in [2.45, 2.75) is 26.4 Å². The van der Waals surface area contributed by atoms with Gasteiger partial charge in [-0.05, 0) is 49.7 Å². The van der Waals surface area contributed by atoms with Crippen molar-refractivity contribution in [2.75, 3.05) is 23.7 Å². The van der Waals surface area contributed by atoms with E-state index in [4.69, 9.17) is 11.6 Å². The molecule has 32 heavy (non-hydrogen) atoms. The third-order valence-corrected chi connectivity index (χ3v) is 6.55. The predicted molar refractivity (Wildman–Crippen MR) is 126 cm³/mol. The van der Waals surface area contributed by atoms with E-state index in [0.717, 1.165) is 32.7 Å². The number of halogens is 3. The first-order chi connectivity index (χ1) is 14.9. The van der Waals surface area contributed by atoms with Gasteiger partial charge in [0.05, 0.1) is 17.0 Å². The molecule has 2 aromatic rings. The molecule has 0 aliphatic rings. The molecule has 1 unspecified atom stereocenters. The maximum atomic E-state index is 13.6. The zero-order valence-electron chi connectivity index (χ0n) is 17.8. The molecule has 1 atom stereocenters. The fourth-order valence-corrected chi connectivity index (χ4v) is 4.45. The fourth-order valence-electron chi connectivity index (χ4n) is 2.99. The van der Waals surface area contributed by atoms with Gasteiger partial charge in [0.1, 0.15) is 18.4 Å². The van der Waals surface area contributed by atoms with Gasteiger partial charge in [-0.1, -0.05) is 39.7 Å². The molecule has 2 amide bonds. The first-order valence-corrected chi connectivity index (χ1v) is 12.7. The van der Waals surface area contributed by atoms with Crippen molar-refractivity contribution < 1.29 is 22.4 Å². The van der Waals surface area contributed by atoms with Gasteiger partial charge in [0.25, 0.3) is 0 Å². The standard InChI is InChI=1S/C21H24BrClFN3O4S/c1-4-25-21(29)14(2)26(12-15-6-5-7-16(22)10-15)20(28)13-27(32(3,30)31)17-8-9-19(24)18(23)11-17/h5-11,14H,4,12-13H2,1-3H3,(H,25,29). The summed E-state index contributed by atoms with van der Waals surface area (Å²) < 4.78 is 40.1. The fraction of sp³-hybridized carbons (Fsp3) is 0.333. The number of nitrogens with one attached hydrogen (secondary N) is 1. The number of anilines is 1. The van der Waals surface area contributed by atoms with Crippen LogP contribution in [-0.2, 0) is 26.2 Å². The lowest BCUT2D eigenvalue weighted by molar-refractivity contribution is -0.139. The van der Waals surface area contributed by atoms with E-state index in [-0.39, 0.29) is 23.2 Å². The monoisotopic (exact) mass is 547 g/mol. The van der Waals surface area contributed by atoms with Crippen LogP contribution in [0.3, 0.4) is 0 Å². The van der Waals surface area contributed by atoms with Gasteiger partial charge in [0.2, 0.25) is 21.8 Å². The lowest BCUT2D eigenvalue weighted by atomic mass is 10.1. The van der Waals surface area contributed by atoms with Crippen LogP contribution in [0.4, 0.5) is 10.1 Å². The number of likely N-dealkylation sites (N-methyl/N-ethyl adjacent to an activating group) is 1. The average Bonchev–Trinajstić information content (AvgIpc) is 2.71. The van der Waals surface area contributed by atoms with Crippen LogP contribution >= 0.6 is 27.5 Å². The van der Waals surface area contributed by atoms with Crippen molar-refractivity contribution in [3.05, 3.63) is 63.3 Å². The molecule has 2 aromatic carbocycles. The van der Waals surface area contributed by atoms with Crippen molar-refractivity contribution in [2.24, 2.45) is 0 Å². The highest BCUT2D eigenvalue weighted by molar-refractivity contribution is 9.10. The van der Waals surface area contributed by atoms with E-state index in [0.29, 0.717) is 6.54 Å². The number of amides is 2. The molecule has 0 aliphatic heterocycles. The average molecular weight is 549 g/mol. The molecule has 0 bridgehead atoms. The largest absolute Gasteiger partial charge is 0.355 e. The molecule has 174 valence electrons. The van der Waals surface area contributed by atoms with E-state index in [2.05, 4.69) is 21.2 Å². The summed E-state index contributed by atoms with van der Waals surface area (Å²) in [6.07, 6.45) is 0.934. The smallest absolute Gasteiger partial charge is 0.244 e. The first kappa shape index (κ1) is 26.1. The Kier molecular flexibility index (Phi) is 9.06. The first-order valence-electron chi connectivity index (χ1n) is 9.68. The van der Waals surface area contributed by atoms with Crippen LogP contribution in [0.5, 0.6) is 0 Å². The molecule has 7 nitrogen and oxygen atoms in total. The highest BCUT2D eigenvalue weighted by atomic mass is 79.9. The summed E-state index contributed by atoms with van der Waals surface area (Å²) in [5.74, 6) is -1.68. The third-order valence-electron chi connectivity index (χ3n) is 4.63. The Morgan fingerprint density at radius 2 is 1.91 bits per heavy atom. The van der Waals surface area contributed by atoms with E-state index in [1.54, 1.807) is 32.0 Å². The number of hydrogen-bond donors (Lipinski definition) is 1. The number of rotatable bonds is 9. The van der Waals surface area contributed by atoms with E-state index < -0.39 is 34.3 Å². The highest BCUT2D eigenvalue weighted by Crippen LogP contribution is 2.25. The lowest BCUT2D eigenvalue weighted by Crippen LogP contribution is -2.51. The summed E-state index contributed by atoms with van der Waals surface area (Å²) in [5.41, 5.74) is 0.792. The van der Waals surface area contributed by atoms with E-state index in [1.165, 1.54) is 11.0 Å². The molecule has 0 heterocycles. The topological polar surface area (TPSA) is 86.8 Å². The van der Waals surface area contributed by atoms with Crippen molar-refractivity contribution in [3.63, 3.8) is 0 Å². The molecule has 2 rings (SSSR count). The molecule has 0 aromatic heterocycles. The molecule has 0 saturated carbocycles. The minimum absolute atomic E-state index is 0.0420. The van der Waals surface area contributed by atoms with Gasteiger partial charge < -0.3 is 10.2 Å². The van der Waals surface area contributed by atoms with E-state index in [1.807, 2.05) is 6.07 Å². The number of carbonyl (C=O) groups is 2. The van der Waals surface area contributed by atoms with Gasteiger partial charge in [-0.15, -0.1) is 0 Å². The number of nitrogens with zero attached hydrogens (tertiary/aromatic N) is 2. The quantitative estimate of drug-likeness (QED) is 0.519. The van der Waals surface area contributed by atoms with Crippen LogP contribution in [0.15, 0.2) is 46.9 Å². The van der Waals surface area contributed by atoms with Gasteiger partial charge in [0.15, 0.2) is 0 Å². The molecule has 1 N–H and O–H groups in total. The molecular formula is C21H24BrClFN3O4S.